The molecule has 0 saturated carbocycles. The third-order valence-electron chi connectivity index (χ3n) is 5.04. The average Bonchev–Trinajstić information content (AvgIpc) is 2.82. The number of carbonyl (C=O) groups is 1. The predicted molar refractivity (Wildman–Crippen MR) is 105 cm³/mol. The van der Waals surface area contributed by atoms with E-state index in [0.29, 0.717) is 19.6 Å². The van der Waals surface area contributed by atoms with Crippen LogP contribution >= 0.6 is 0 Å². The fourth-order valence-electron chi connectivity index (χ4n) is 3.50. The van der Waals surface area contributed by atoms with Gasteiger partial charge in [0.15, 0.2) is 0 Å². The van der Waals surface area contributed by atoms with Crippen molar-refractivity contribution in [2.75, 3.05) is 39.9 Å². The van der Waals surface area contributed by atoms with E-state index in [1.165, 1.54) is 22.3 Å². The first-order valence-corrected chi connectivity index (χ1v) is 9.31. The molecule has 4 nitrogen and oxygen atoms in total. The van der Waals surface area contributed by atoms with Crippen LogP contribution in [0.1, 0.15) is 17.5 Å². The molecule has 1 heterocycles. The van der Waals surface area contributed by atoms with Gasteiger partial charge in [0.2, 0.25) is 5.91 Å². The van der Waals surface area contributed by atoms with Crippen molar-refractivity contribution in [1.29, 1.82) is 0 Å². The fraction of sp³-hybridized carbons (Fsp3) is 0.409. The zero-order valence-electron chi connectivity index (χ0n) is 15.8. The third-order valence-corrected chi connectivity index (χ3v) is 5.04. The highest BCUT2D eigenvalue weighted by molar-refractivity contribution is 5.76. The molecule has 0 aliphatic carbocycles. The highest BCUT2D eigenvalue weighted by atomic mass is 16.5. The molecular weight excluding hydrogens is 324 g/mol. The topological polar surface area (TPSA) is 32.8 Å². The van der Waals surface area contributed by atoms with Gasteiger partial charge in [-0.3, -0.25) is 9.69 Å². The number of methoxy groups -OCH3 is 1. The van der Waals surface area contributed by atoms with Crippen molar-refractivity contribution in [3.05, 3.63) is 59.7 Å². The minimum atomic E-state index is 0.234. The quantitative estimate of drug-likeness (QED) is 0.799. The van der Waals surface area contributed by atoms with Crippen LogP contribution in [0.15, 0.2) is 48.5 Å². The molecule has 3 rings (SSSR count). The molecule has 1 aliphatic heterocycles. The molecular formula is C22H28N2O2. The Labute approximate surface area is 156 Å². The lowest BCUT2D eigenvalue weighted by molar-refractivity contribution is -0.130. The molecule has 0 N–H and O–H groups in total. The standard InChI is InChI=1S/C22H28N2O2/c1-18-6-3-4-9-21(18)20-8-5-7-19(16-20)17-23-11-10-22(25)24(13-12-23)14-15-26-2/h3-9,16H,10-15,17H2,1-2H3. The normalized spacial score (nSPS) is 15.9. The van der Waals surface area contributed by atoms with Crippen molar-refractivity contribution in [2.45, 2.75) is 19.9 Å². The fourth-order valence-corrected chi connectivity index (χ4v) is 3.50. The van der Waals surface area contributed by atoms with Crippen LogP contribution in [0.2, 0.25) is 0 Å². The lowest BCUT2D eigenvalue weighted by atomic mass is 9.99. The summed E-state index contributed by atoms with van der Waals surface area (Å²) in [6, 6.07) is 17.2. The van der Waals surface area contributed by atoms with Gasteiger partial charge in [-0.25, -0.2) is 0 Å². The molecule has 0 unspecified atom stereocenters. The van der Waals surface area contributed by atoms with E-state index in [4.69, 9.17) is 4.74 Å². The second-order valence-corrected chi connectivity index (χ2v) is 6.92. The number of rotatable bonds is 6. The summed E-state index contributed by atoms with van der Waals surface area (Å²) in [4.78, 5) is 16.5. The number of nitrogens with zero attached hydrogens (tertiary/aromatic N) is 2. The van der Waals surface area contributed by atoms with E-state index in [1.54, 1.807) is 7.11 Å². The maximum Gasteiger partial charge on any atom is 0.223 e. The van der Waals surface area contributed by atoms with Gasteiger partial charge in [-0.15, -0.1) is 0 Å². The van der Waals surface area contributed by atoms with Crippen LogP contribution in [0.3, 0.4) is 0 Å². The van der Waals surface area contributed by atoms with Crippen LogP contribution in [0.5, 0.6) is 0 Å². The Hall–Kier alpha value is -2.17. The summed E-state index contributed by atoms with van der Waals surface area (Å²) in [6.07, 6.45) is 0.585. The van der Waals surface area contributed by atoms with Crippen LogP contribution in [0.4, 0.5) is 0 Å². The van der Waals surface area contributed by atoms with E-state index in [0.717, 1.165) is 26.2 Å². The van der Waals surface area contributed by atoms with Crippen LogP contribution in [-0.4, -0.2) is 55.6 Å². The molecule has 0 radical (unpaired) electrons. The number of benzene rings is 2. The maximum atomic E-state index is 12.2. The minimum absolute atomic E-state index is 0.234. The first-order valence-electron chi connectivity index (χ1n) is 9.31. The van der Waals surface area contributed by atoms with Crippen molar-refractivity contribution in [3.8, 4) is 11.1 Å². The van der Waals surface area contributed by atoms with Crippen molar-refractivity contribution in [1.82, 2.24) is 9.80 Å². The maximum absolute atomic E-state index is 12.2. The zero-order chi connectivity index (χ0) is 18.4. The number of ether oxygens (including phenoxy) is 1. The van der Waals surface area contributed by atoms with Gasteiger partial charge in [0.1, 0.15) is 0 Å². The Balaban J connectivity index is 1.67. The molecule has 1 aliphatic rings. The number of aryl methyl sites for hydroxylation is 1. The molecule has 138 valence electrons. The molecule has 1 fully saturated rings. The molecule has 4 heteroatoms. The Bertz CT molecular complexity index is 744. The second kappa shape index (κ2) is 8.97. The van der Waals surface area contributed by atoms with Crippen molar-refractivity contribution >= 4 is 5.91 Å². The van der Waals surface area contributed by atoms with Crippen LogP contribution in [0, 0.1) is 6.92 Å². The summed E-state index contributed by atoms with van der Waals surface area (Å²) in [6.45, 7) is 6.82. The van der Waals surface area contributed by atoms with Gasteiger partial charge in [-0.2, -0.15) is 0 Å². The molecule has 1 saturated heterocycles. The lowest BCUT2D eigenvalue weighted by Gasteiger charge is -2.22. The summed E-state index contributed by atoms with van der Waals surface area (Å²) < 4.78 is 5.11. The minimum Gasteiger partial charge on any atom is -0.383 e. The number of hydrogen-bond acceptors (Lipinski definition) is 3. The van der Waals surface area contributed by atoms with Crippen molar-refractivity contribution in [2.24, 2.45) is 0 Å². The second-order valence-electron chi connectivity index (χ2n) is 6.92. The van der Waals surface area contributed by atoms with E-state index in [-0.39, 0.29) is 5.91 Å². The van der Waals surface area contributed by atoms with Gasteiger partial charge in [0.05, 0.1) is 6.61 Å². The summed E-state index contributed by atoms with van der Waals surface area (Å²) in [7, 11) is 1.68. The first-order chi connectivity index (χ1) is 12.7. The Morgan fingerprint density at radius 2 is 1.88 bits per heavy atom. The highest BCUT2D eigenvalue weighted by Crippen LogP contribution is 2.24. The van der Waals surface area contributed by atoms with Gasteiger partial charge in [0, 0.05) is 46.3 Å². The Morgan fingerprint density at radius 3 is 2.69 bits per heavy atom. The van der Waals surface area contributed by atoms with Crippen LogP contribution < -0.4 is 0 Å². The van der Waals surface area contributed by atoms with Crippen LogP contribution in [0.25, 0.3) is 11.1 Å². The van der Waals surface area contributed by atoms with Gasteiger partial charge in [0.25, 0.3) is 0 Å². The SMILES string of the molecule is COCCN1CCN(Cc2cccc(-c3ccccc3C)c2)CCC1=O. The Morgan fingerprint density at radius 1 is 1.04 bits per heavy atom. The summed E-state index contributed by atoms with van der Waals surface area (Å²) in [5.74, 6) is 0.234. The summed E-state index contributed by atoms with van der Waals surface area (Å²) >= 11 is 0. The van der Waals surface area contributed by atoms with Gasteiger partial charge >= 0.3 is 0 Å². The van der Waals surface area contributed by atoms with E-state index in [1.807, 2.05) is 4.90 Å². The largest absolute Gasteiger partial charge is 0.383 e. The first kappa shape index (κ1) is 18.6. The number of hydrogen-bond donors (Lipinski definition) is 0. The molecule has 0 aromatic heterocycles. The molecule has 26 heavy (non-hydrogen) atoms. The monoisotopic (exact) mass is 352 g/mol. The molecule has 2 aromatic carbocycles. The highest BCUT2D eigenvalue weighted by Gasteiger charge is 2.20. The smallest absolute Gasteiger partial charge is 0.223 e. The lowest BCUT2D eigenvalue weighted by Crippen LogP contribution is -2.35. The average molecular weight is 352 g/mol. The van der Waals surface area contributed by atoms with Gasteiger partial charge in [-0.1, -0.05) is 42.5 Å². The van der Waals surface area contributed by atoms with Crippen LogP contribution in [-0.2, 0) is 16.1 Å². The summed E-state index contributed by atoms with van der Waals surface area (Å²) in [5.41, 5.74) is 5.13. The molecule has 0 atom stereocenters. The van der Waals surface area contributed by atoms with E-state index in [9.17, 15) is 4.79 Å². The predicted octanol–water partition coefficient (Wildman–Crippen LogP) is 3.34. The molecule has 2 aromatic rings. The number of amides is 1. The van der Waals surface area contributed by atoms with Gasteiger partial charge < -0.3 is 9.64 Å². The van der Waals surface area contributed by atoms with E-state index >= 15 is 0 Å². The molecule has 1 amide bonds. The zero-order valence-corrected chi connectivity index (χ0v) is 15.8. The molecule has 0 bridgehead atoms. The number of carbonyl (C=O) groups excluding carboxylic acids is 1. The molecule has 0 spiro atoms. The summed E-state index contributed by atoms with van der Waals surface area (Å²) in [5, 5.41) is 0. The Kier molecular flexibility index (Phi) is 6.42. The van der Waals surface area contributed by atoms with E-state index in [2.05, 4.69) is 60.4 Å². The van der Waals surface area contributed by atoms with E-state index < -0.39 is 0 Å². The van der Waals surface area contributed by atoms with Crippen molar-refractivity contribution in [3.63, 3.8) is 0 Å². The van der Waals surface area contributed by atoms with Gasteiger partial charge in [-0.05, 0) is 35.2 Å². The third kappa shape index (κ3) is 4.71. The van der Waals surface area contributed by atoms with Crippen molar-refractivity contribution < 1.29 is 9.53 Å².